The highest BCUT2D eigenvalue weighted by molar-refractivity contribution is 6.31. The summed E-state index contributed by atoms with van der Waals surface area (Å²) in [5.41, 5.74) is 1.25. The van der Waals surface area contributed by atoms with E-state index in [0.717, 1.165) is 0 Å². The van der Waals surface area contributed by atoms with Gasteiger partial charge in [-0.3, -0.25) is 14.4 Å². The number of phenolic OH excluding ortho intramolecular Hbond substituents is 1. The molecule has 0 radical (unpaired) electrons. The van der Waals surface area contributed by atoms with Crippen molar-refractivity contribution in [2.24, 2.45) is 5.92 Å². The number of benzene rings is 2. The van der Waals surface area contributed by atoms with Gasteiger partial charge in [-0.1, -0.05) is 12.1 Å². The van der Waals surface area contributed by atoms with E-state index >= 15 is 0 Å². The van der Waals surface area contributed by atoms with E-state index in [0.29, 0.717) is 24.0 Å². The monoisotopic (exact) mass is 396 g/mol. The fourth-order valence-electron chi connectivity index (χ4n) is 4.42. The second kappa shape index (κ2) is 7.00. The van der Waals surface area contributed by atoms with Crippen molar-refractivity contribution < 1.29 is 34.1 Å². The molecule has 0 saturated carbocycles. The Kier molecular flexibility index (Phi) is 4.62. The van der Waals surface area contributed by atoms with Gasteiger partial charge in [-0.25, -0.2) is 0 Å². The summed E-state index contributed by atoms with van der Waals surface area (Å²) in [6, 6.07) is 4.75. The molecule has 0 unspecified atom stereocenters. The number of ketones is 3. The van der Waals surface area contributed by atoms with Crippen LogP contribution in [0.25, 0.3) is 0 Å². The van der Waals surface area contributed by atoms with Crippen molar-refractivity contribution in [2.45, 2.75) is 19.3 Å². The van der Waals surface area contributed by atoms with Crippen LogP contribution in [0.2, 0.25) is 0 Å². The van der Waals surface area contributed by atoms with Crippen LogP contribution in [0, 0.1) is 5.92 Å². The van der Waals surface area contributed by atoms with E-state index in [1.165, 1.54) is 20.3 Å². The molecule has 0 amide bonds. The van der Waals surface area contributed by atoms with Gasteiger partial charge in [0.2, 0.25) is 5.78 Å². The number of Topliss-reactive ketones (excluding diaryl/α,β-unsaturated/α-hetero) is 1. The number of aliphatic hydroxyl groups excluding tert-OH is 1. The van der Waals surface area contributed by atoms with E-state index in [9.17, 15) is 24.6 Å². The molecule has 2 aliphatic rings. The van der Waals surface area contributed by atoms with Gasteiger partial charge in [0.05, 0.1) is 30.9 Å². The minimum absolute atomic E-state index is 0.00611. The number of hydrogen-bond donors (Lipinski definition) is 2. The molecule has 2 aromatic rings. The summed E-state index contributed by atoms with van der Waals surface area (Å²) in [5.74, 6) is -1.46. The Morgan fingerprint density at radius 3 is 2.48 bits per heavy atom. The van der Waals surface area contributed by atoms with E-state index in [4.69, 9.17) is 9.47 Å². The summed E-state index contributed by atoms with van der Waals surface area (Å²) < 4.78 is 10.8. The zero-order valence-corrected chi connectivity index (χ0v) is 16.1. The number of ether oxygens (including phenoxy) is 2. The Balaban J connectivity index is 1.98. The lowest BCUT2D eigenvalue weighted by atomic mass is 9.75. The van der Waals surface area contributed by atoms with Gasteiger partial charge in [-0.05, 0) is 25.3 Å². The molecule has 4 rings (SSSR count). The van der Waals surface area contributed by atoms with Crippen LogP contribution in [0.5, 0.6) is 17.2 Å². The van der Waals surface area contributed by atoms with Crippen LogP contribution in [0.3, 0.4) is 0 Å². The van der Waals surface area contributed by atoms with E-state index in [1.54, 1.807) is 12.1 Å². The Hall–Kier alpha value is -3.19. The summed E-state index contributed by atoms with van der Waals surface area (Å²) in [6.07, 6.45) is 0.997. The predicted octanol–water partition coefficient (Wildman–Crippen LogP) is 1.85. The molecule has 0 fully saturated rings. The number of rotatable bonds is 4. The fourth-order valence-corrected chi connectivity index (χ4v) is 4.42. The number of fused-ring (bicyclic) bond motifs is 3. The van der Waals surface area contributed by atoms with Crippen molar-refractivity contribution in [3.63, 3.8) is 0 Å². The lowest BCUT2D eigenvalue weighted by molar-refractivity contribution is -0.126. The molecule has 1 atom stereocenters. The molecule has 0 spiro atoms. The number of carbonyl (C=O) groups excluding carboxylic acids is 3. The third-order valence-electron chi connectivity index (χ3n) is 5.82. The molecular weight excluding hydrogens is 376 g/mol. The number of carbonyl (C=O) groups is 3. The summed E-state index contributed by atoms with van der Waals surface area (Å²) in [7, 11) is 2.80. The highest BCUT2D eigenvalue weighted by atomic mass is 16.5. The van der Waals surface area contributed by atoms with Crippen molar-refractivity contribution in [3.05, 3.63) is 51.6 Å². The van der Waals surface area contributed by atoms with Crippen LogP contribution in [-0.2, 0) is 17.6 Å². The maximum atomic E-state index is 13.3. The SMILES string of the molecule is COc1cccc2c1C(=O)c1c(O)c3c(c(OC)c1C2=O)C[C@@H](C(=O)CO)CC3. The Morgan fingerprint density at radius 1 is 1.07 bits per heavy atom. The first-order valence-electron chi connectivity index (χ1n) is 9.29. The number of aromatic hydroxyl groups is 1. The third-order valence-corrected chi connectivity index (χ3v) is 5.82. The average molecular weight is 396 g/mol. The second-order valence-electron chi connectivity index (χ2n) is 7.19. The van der Waals surface area contributed by atoms with Crippen molar-refractivity contribution in [1.29, 1.82) is 0 Å². The maximum absolute atomic E-state index is 13.3. The van der Waals surface area contributed by atoms with Crippen LogP contribution >= 0.6 is 0 Å². The molecule has 2 N–H and O–H groups in total. The predicted molar refractivity (Wildman–Crippen MR) is 102 cm³/mol. The quantitative estimate of drug-likeness (QED) is 0.692. The van der Waals surface area contributed by atoms with E-state index in [1.807, 2.05) is 0 Å². The van der Waals surface area contributed by atoms with Gasteiger partial charge in [-0.2, -0.15) is 0 Å². The third kappa shape index (κ3) is 2.65. The maximum Gasteiger partial charge on any atom is 0.202 e. The van der Waals surface area contributed by atoms with E-state index < -0.39 is 24.1 Å². The molecular formula is C22H20O7. The van der Waals surface area contributed by atoms with Crippen LogP contribution in [0.1, 0.15) is 49.4 Å². The Bertz CT molecular complexity index is 1070. The van der Waals surface area contributed by atoms with Crippen LogP contribution < -0.4 is 9.47 Å². The topological polar surface area (TPSA) is 110 Å². The number of methoxy groups -OCH3 is 2. The first-order chi connectivity index (χ1) is 13.9. The zero-order chi connectivity index (χ0) is 20.9. The summed E-state index contributed by atoms with van der Waals surface area (Å²) in [5, 5.41) is 20.2. The van der Waals surface area contributed by atoms with Crippen LogP contribution in [-0.4, -0.2) is 48.4 Å². The standard InChI is InChI=1S/C22H20O7/c1-28-15-5-3-4-12-16(15)21(27)17-18(20(12)26)22(29-2)13-8-10(14(24)9-23)6-7-11(13)19(17)25/h3-5,10,23,25H,6-9H2,1-2H3/t10-/m0/s1. The molecule has 2 aliphatic carbocycles. The zero-order valence-electron chi connectivity index (χ0n) is 16.1. The first-order valence-corrected chi connectivity index (χ1v) is 9.29. The molecule has 7 heteroatoms. The average Bonchev–Trinajstić information content (AvgIpc) is 2.75. The molecule has 0 saturated heterocycles. The van der Waals surface area contributed by atoms with Gasteiger partial charge in [-0.15, -0.1) is 0 Å². The van der Waals surface area contributed by atoms with Gasteiger partial charge < -0.3 is 19.7 Å². The molecule has 0 bridgehead atoms. The molecule has 29 heavy (non-hydrogen) atoms. The lowest BCUT2D eigenvalue weighted by Gasteiger charge is -2.30. The van der Waals surface area contributed by atoms with Crippen LogP contribution in [0.4, 0.5) is 0 Å². The first kappa shape index (κ1) is 19.1. The van der Waals surface area contributed by atoms with Crippen LogP contribution in [0.15, 0.2) is 18.2 Å². The number of phenols is 1. The van der Waals surface area contributed by atoms with Gasteiger partial charge in [0.1, 0.15) is 23.9 Å². The van der Waals surface area contributed by atoms with Crippen molar-refractivity contribution in [3.8, 4) is 17.2 Å². The lowest BCUT2D eigenvalue weighted by Crippen LogP contribution is -2.28. The van der Waals surface area contributed by atoms with Crippen molar-refractivity contribution in [2.75, 3.05) is 20.8 Å². The normalized spacial score (nSPS) is 17.3. The fraction of sp³-hybridized carbons (Fsp3) is 0.318. The van der Waals surface area contributed by atoms with Gasteiger partial charge in [0.25, 0.3) is 0 Å². The van der Waals surface area contributed by atoms with Gasteiger partial charge in [0.15, 0.2) is 11.6 Å². The second-order valence-corrected chi connectivity index (χ2v) is 7.19. The summed E-state index contributed by atoms with van der Waals surface area (Å²) >= 11 is 0. The van der Waals surface area contributed by atoms with Crippen molar-refractivity contribution in [1.82, 2.24) is 0 Å². The molecule has 2 aromatic carbocycles. The van der Waals surface area contributed by atoms with Gasteiger partial charge >= 0.3 is 0 Å². The Labute approximate surface area is 166 Å². The molecule has 0 heterocycles. The van der Waals surface area contributed by atoms with E-state index in [2.05, 4.69) is 0 Å². The van der Waals surface area contributed by atoms with Crippen molar-refractivity contribution >= 4 is 17.3 Å². The largest absolute Gasteiger partial charge is 0.507 e. The number of aliphatic hydroxyl groups is 1. The van der Waals surface area contributed by atoms with E-state index in [-0.39, 0.29) is 51.7 Å². The molecule has 0 aliphatic heterocycles. The minimum Gasteiger partial charge on any atom is -0.507 e. The smallest absolute Gasteiger partial charge is 0.202 e. The van der Waals surface area contributed by atoms with Gasteiger partial charge in [0, 0.05) is 22.6 Å². The molecule has 7 nitrogen and oxygen atoms in total. The highest BCUT2D eigenvalue weighted by Gasteiger charge is 2.41. The molecule has 150 valence electrons. The highest BCUT2D eigenvalue weighted by Crippen LogP contribution is 2.47. The Morgan fingerprint density at radius 2 is 1.83 bits per heavy atom. The molecule has 0 aromatic heterocycles. The summed E-state index contributed by atoms with van der Waals surface area (Å²) in [4.78, 5) is 38.6. The minimum atomic E-state index is -0.566. The number of hydrogen-bond acceptors (Lipinski definition) is 7. The summed E-state index contributed by atoms with van der Waals surface area (Å²) in [6.45, 7) is -0.566.